The SMILES string of the molecule is CC(=O)N(c1ccc([N+](=O)[O-])cc1)[C@H]1C[C@H]2[C@@H]3CC=C4C[C@@H](O)CC[C@]4(C)[C@H]3CC[C@]2(C)[C@@H](F)[C@@H]1C. The first-order valence-electron chi connectivity index (χ1n) is 13.5. The van der Waals surface area contributed by atoms with Gasteiger partial charge in [-0.2, -0.15) is 0 Å². The van der Waals surface area contributed by atoms with E-state index in [4.69, 9.17) is 0 Å². The number of nitro groups is 1. The van der Waals surface area contributed by atoms with Gasteiger partial charge in [-0.15, -0.1) is 0 Å². The van der Waals surface area contributed by atoms with Gasteiger partial charge < -0.3 is 10.0 Å². The number of fused-ring (bicyclic) bond motifs is 5. The normalized spacial score (nSPS) is 41.8. The van der Waals surface area contributed by atoms with E-state index in [-0.39, 0.29) is 41.0 Å². The van der Waals surface area contributed by atoms with Crippen LogP contribution in [0.25, 0.3) is 0 Å². The van der Waals surface area contributed by atoms with Crippen LogP contribution in [0.2, 0.25) is 0 Å². The number of benzene rings is 1. The molecule has 1 aromatic carbocycles. The van der Waals surface area contributed by atoms with Gasteiger partial charge in [-0.1, -0.05) is 32.4 Å². The average molecular weight is 499 g/mol. The second-order valence-corrected chi connectivity index (χ2v) is 12.4. The van der Waals surface area contributed by atoms with E-state index in [1.54, 1.807) is 17.0 Å². The van der Waals surface area contributed by atoms with Crippen LogP contribution in [0.5, 0.6) is 0 Å². The number of non-ortho nitro benzene ring substituents is 1. The van der Waals surface area contributed by atoms with Crippen LogP contribution in [-0.2, 0) is 4.79 Å². The summed E-state index contributed by atoms with van der Waals surface area (Å²) in [4.78, 5) is 25.3. The Bertz CT molecular complexity index is 1070. The predicted octanol–water partition coefficient (Wildman–Crippen LogP) is 6.22. The predicted molar refractivity (Wildman–Crippen MR) is 137 cm³/mol. The van der Waals surface area contributed by atoms with Gasteiger partial charge in [-0.3, -0.25) is 14.9 Å². The summed E-state index contributed by atoms with van der Waals surface area (Å²) in [6.07, 6.45) is 7.11. The first kappa shape index (κ1) is 25.4. The van der Waals surface area contributed by atoms with Crippen LogP contribution in [0, 0.1) is 44.6 Å². The number of rotatable bonds is 3. The molecule has 0 bridgehead atoms. The van der Waals surface area contributed by atoms with Crippen molar-refractivity contribution in [3.05, 3.63) is 46.0 Å². The van der Waals surface area contributed by atoms with E-state index in [1.807, 2.05) is 6.92 Å². The minimum absolute atomic E-state index is 0.0272. The van der Waals surface area contributed by atoms with Crippen molar-refractivity contribution in [2.24, 2.45) is 34.5 Å². The summed E-state index contributed by atoms with van der Waals surface area (Å²) in [5, 5.41) is 21.4. The molecule has 4 aliphatic carbocycles. The maximum Gasteiger partial charge on any atom is 0.269 e. The number of hydrogen-bond acceptors (Lipinski definition) is 4. The number of anilines is 1. The Morgan fingerprint density at radius 3 is 2.50 bits per heavy atom. The van der Waals surface area contributed by atoms with Gasteiger partial charge in [0.2, 0.25) is 5.91 Å². The van der Waals surface area contributed by atoms with Gasteiger partial charge in [0, 0.05) is 42.1 Å². The molecule has 4 aliphatic rings. The molecule has 1 aromatic rings. The van der Waals surface area contributed by atoms with Gasteiger partial charge >= 0.3 is 0 Å². The zero-order chi connectivity index (χ0) is 26.0. The molecule has 0 saturated heterocycles. The molecule has 0 spiro atoms. The standard InChI is InChI=1S/C29H39FN2O4/c1-17-26(31(18(2)33)20-6-8-21(9-7-20)32(35)36)16-25-23-10-5-19-15-22(34)11-13-28(19,3)24(23)12-14-29(25,4)27(17)30/h5-9,17,22-27,34H,10-16H2,1-4H3/t17-,22+,23-,24+,25+,26+,27+,28+,29+/m1/s1. The fourth-order valence-electron chi connectivity index (χ4n) is 8.73. The summed E-state index contributed by atoms with van der Waals surface area (Å²) >= 11 is 0. The van der Waals surface area contributed by atoms with Gasteiger partial charge in [-0.25, -0.2) is 4.39 Å². The molecule has 9 atom stereocenters. The third-order valence-corrected chi connectivity index (χ3v) is 10.7. The Labute approximate surface area is 213 Å². The van der Waals surface area contributed by atoms with E-state index in [0.717, 1.165) is 44.9 Å². The number of hydrogen-bond donors (Lipinski definition) is 1. The monoisotopic (exact) mass is 498 g/mol. The Kier molecular flexibility index (Phi) is 6.29. The lowest BCUT2D eigenvalue weighted by atomic mass is 9.44. The van der Waals surface area contributed by atoms with Gasteiger partial charge in [0.25, 0.3) is 5.69 Å². The minimum atomic E-state index is -1.03. The van der Waals surface area contributed by atoms with Gasteiger partial charge in [0.15, 0.2) is 0 Å². The van der Waals surface area contributed by atoms with Crippen LogP contribution in [0.4, 0.5) is 15.8 Å². The van der Waals surface area contributed by atoms with Crippen LogP contribution in [0.15, 0.2) is 35.9 Å². The third kappa shape index (κ3) is 3.80. The van der Waals surface area contributed by atoms with Crippen LogP contribution >= 0.6 is 0 Å². The summed E-state index contributed by atoms with van der Waals surface area (Å²) in [5.74, 6) is 0.467. The van der Waals surface area contributed by atoms with E-state index < -0.39 is 16.5 Å². The largest absolute Gasteiger partial charge is 0.393 e. The van der Waals surface area contributed by atoms with E-state index in [1.165, 1.54) is 24.6 Å². The molecule has 7 heteroatoms. The topological polar surface area (TPSA) is 83.7 Å². The molecule has 0 unspecified atom stereocenters. The minimum Gasteiger partial charge on any atom is -0.393 e. The summed E-state index contributed by atoms with van der Waals surface area (Å²) in [5.41, 5.74) is 1.59. The Balaban J connectivity index is 1.49. The van der Waals surface area contributed by atoms with Crippen molar-refractivity contribution in [3.8, 4) is 0 Å². The van der Waals surface area contributed by atoms with Crippen molar-refractivity contribution in [2.75, 3.05) is 4.90 Å². The number of nitro benzene ring substituents is 1. The average Bonchev–Trinajstić information content (AvgIpc) is 2.83. The highest BCUT2D eigenvalue weighted by Crippen LogP contribution is 2.65. The Morgan fingerprint density at radius 1 is 1.17 bits per heavy atom. The molecule has 0 radical (unpaired) electrons. The number of amides is 1. The van der Waals surface area contributed by atoms with Gasteiger partial charge in [0.1, 0.15) is 6.17 Å². The Morgan fingerprint density at radius 2 is 1.86 bits per heavy atom. The van der Waals surface area contributed by atoms with E-state index in [0.29, 0.717) is 17.5 Å². The van der Waals surface area contributed by atoms with Crippen molar-refractivity contribution in [3.63, 3.8) is 0 Å². The highest BCUT2D eigenvalue weighted by molar-refractivity contribution is 5.92. The lowest BCUT2D eigenvalue weighted by Crippen LogP contribution is -2.62. The van der Waals surface area contributed by atoms with Crippen LogP contribution < -0.4 is 4.90 Å². The van der Waals surface area contributed by atoms with E-state index in [9.17, 15) is 20.0 Å². The molecule has 0 aliphatic heterocycles. The van der Waals surface area contributed by atoms with E-state index in [2.05, 4.69) is 19.9 Å². The van der Waals surface area contributed by atoms with Gasteiger partial charge in [0.05, 0.1) is 11.0 Å². The lowest BCUT2D eigenvalue weighted by Gasteiger charge is -2.63. The smallest absolute Gasteiger partial charge is 0.269 e. The molecule has 3 saturated carbocycles. The number of aliphatic hydroxyl groups excluding tert-OH is 1. The number of nitrogens with zero attached hydrogens (tertiary/aromatic N) is 2. The maximum absolute atomic E-state index is 16.4. The number of carbonyl (C=O) groups is 1. The maximum atomic E-state index is 16.4. The molecule has 6 nitrogen and oxygen atoms in total. The molecular formula is C29H39FN2O4. The number of carbonyl (C=O) groups excluding carboxylic acids is 1. The molecule has 196 valence electrons. The van der Waals surface area contributed by atoms with Crippen LogP contribution in [-0.4, -0.2) is 34.3 Å². The van der Waals surface area contributed by atoms with Crippen LogP contribution in [0.3, 0.4) is 0 Å². The lowest BCUT2D eigenvalue weighted by molar-refractivity contribution is -0.384. The highest BCUT2D eigenvalue weighted by atomic mass is 19.1. The fourth-order valence-corrected chi connectivity index (χ4v) is 8.73. The first-order valence-corrected chi connectivity index (χ1v) is 13.5. The van der Waals surface area contributed by atoms with E-state index >= 15 is 4.39 Å². The first-order chi connectivity index (χ1) is 17.0. The van der Waals surface area contributed by atoms with Crippen molar-refractivity contribution >= 4 is 17.3 Å². The van der Waals surface area contributed by atoms with Crippen molar-refractivity contribution < 1.29 is 19.2 Å². The molecule has 0 aromatic heterocycles. The Hall–Kier alpha value is -2.28. The quantitative estimate of drug-likeness (QED) is 0.304. The molecular weight excluding hydrogens is 459 g/mol. The second-order valence-electron chi connectivity index (χ2n) is 12.4. The second kappa shape index (κ2) is 8.93. The molecule has 36 heavy (non-hydrogen) atoms. The fraction of sp³-hybridized carbons (Fsp3) is 0.690. The summed E-state index contributed by atoms with van der Waals surface area (Å²) in [6.45, 7) is 7.91. The van der Waals surface area contributed by atoms with Crippen molar-refractivity contribution in [2.45, 2.75) is 91.0 Å². The number of allylic oxidation sites excluding steroid dienone is 1. The number of halogens is 1. The van der Waals surface area contributed by atoms with Crippen molar-refractivity contribution in [1.82, 2.24) is 0 Å². The summed E-state index contributed by atoms with van der Waals surface area (Å²) in [7, 11) is 0. The molecule has 1 amide bonds. The molecule has 0 heterocycles. The number of aliphatic hydroxyl groups is 1. The molecule has 5 rings (SSSR count). The third-order valence-electron chi connectivity index (χ3n) is 10.7. The zero-order valence-corrected chi connectivity index (χ0v) is 21.8. The highest BCUT2D eigenvalue weighted by Gasteiger charge is 2.61. The number of alkyl halides is 1. The van der Waals surface area contributed by atoms with Crippen molar-refractivity contribution in [1.29, 1.82) is 0 Å². The molecule has 3 fully saturated rings. The zero-order valence-electron chi connectivity index (χ0n) is 21.8. The van der Waals surface area contributed by atoms with Crippen LogP contribution in [0.1, 0.15) is 72.6 Å². The summed E-state index contributed by atoms with van der Waals surface area (Å²) in [6, 6.07) is 5.75. The van der Waals surface area contributed by atoms with Gasteiger partial charge in [-0.05, 0) is 80.2 Å². The molecule has 1 N–H and O–H groups in total. The summed E-state index contributed by atoms with van der Waals surface area (Å²) < 4.78 is 16.4.